The van der Waals surface area contributed by atoms with Gasteiger partial charge in [-0.25, -0.2) is 8.42 Å². The normalized spacial score (nSPS) is 12.6. The Labute approximate surface area is 133 Å². The molecule has 0 aromatic heterocycles. The average molecular weight is 346 g/mol. The number of carboxylic acid groups (broad SMARTS) is 1. The number of rotatable bonds is 9. The van der Waals surface area contributed by atoms with Crippen LogP contribution < -0.4 is 9.46 Å². The number of hydrogen-bond donors (Lipinski definition) is 2. The maximum absolute atomic E-state index is 12.3. The molecule has 0 heterocycles. The van der Waals surface area contributed by atoms with Crippen LogP contribution >= 0.6 is 0 Å². The van der Waals surface area contributed by atoms with Crippen LogP contribution in [0.1, 0.15) is 26.2 Å². The van der Waals surface area contributed by atoms with Crippen molar-refractivity contribution in [2.75, 3.05) is 7.11 Å². The number of unbranched alkanes of at least 4 members (excludes halogenated alkanes) is 1. The number of nitro groups is 1. The molecule has 128 valence electrons. The minimum atomic E-state index is -4.36. The molecule has 23 heavy (non-hydrogen) atoms. The van der Waals surface area contributed by atoms with Gasteiger partial charge in [0.05, 0.1) is 18.1 Å². The number of nitro benzene ring substituents is 1. The predicted octanol–water partition coefficient (Wildman–Crippen LogP) is 1.53. The third-order valence-corrected chi connectivity index (χ3v) is 4.61. The first-order valence-electron chi connectivity index (χ1n) is 6.80. The minimum Gasteiger partial charge on any atom is -0.497 e. The molecule has 0 bridgehead atoms. The molecular formula is C13H18N2O7S. The first kappa shape index (κ1) is 18.8. The fraction of sp³-hybridized carbons (Fsp3) is 0.462. The summed E-state index contributed by atoms with van der Waals surface area (Å²) in [6.07, 6.45) is 1.29. The topological polar surface area (TPSA) is 136 Å². The van der Waals surface area contributed by atoms with Crippen molar-refractivity contribution in [3.8, 4) is 5.75 Å². The number of carboxylic acids is 1. The number of hydrogen-bond acceptors (Lipinski definition) is 6. The summed E-state index contributed by atoms with van der Waals surface area (Å²) in [4.78, 5) is 20.8. The van der Waals surface area contributed by atoms with Gasteiger partial charge in [0.25, 0.3) is 5.69 Å². The maximum atomic E-state index is 12.3. The van der Waals surface area contributed by atoms with E-state index < -0.39 is 37.5 Å². The highest BCUT2D eigenvalue weighted by molar-refractivity contribution is 7.89. The van der Waals surface area contributed by atoms with Crippen molar-refractivity contribution in [3.63, 3.8) is 0 Å². The summed E-state index contributed by atoms with van der Waals surface area (Å²) in [5.41, 5.74) is -0.684. The number of carbonyl (C=O) groups is 1. The molecule has 0 saturated carbocycles. The molecule has 1 atom stereocenters. The summed E-state index contributed by atoms with van der Waals surface area (Å²) in [5, 5.41) is 20.2. The Morgan fingerprint density at radius 3 is 2.61 bits per heavy atom. The van der Waals surface area contributed by atoms with Crippen LogP contribution in [0, 0.1) is 10.1 Å². The van der Waals surface area contributed by atoms with E-state index in [0.717, 1.165) is 12.1 Å². The monoisotopic (exact) mass is 346 g/mol. The van der Waals surface area contributed by atoms with E-state index in [0.29, 0.717) is 12.8 Å². The lowest BCUT2D eigenvalue weighted by molar-refractivity contribution is -0.387. The standard InChI is InChI=1S/C13H18N2O7S/c1-3-4-5-10(13(16)17)14-23(20,21)12-7-6-9(22-2)8-11(12)15(18)19/h6-8,10,14H,3-5H2,1-2H3,(H,16,17)/t10-/m0/s1. The molecule has 10 heteroatoms. The molecule has 9 nitrogen and oxygen atoms in total. The molecule has 1 aromatic rings. The third-order valence-electron chi connectivity index (χ3n) is 3.09. The summed E-state index contributed by atoms with van der Waals surface area (Å²) in [7, 11) is -3.08. The number of methoxy groups -OCH3 is 1. The SMILES string of the molecule is CCCC[C@H](NS(=O)(=O)c1ccc(OC)cc1[N+](=O)[O-])C(=O)O. The second-order valence-electron chi connectivity index (χ2n) is 4.75. The second-order valence-corrected chi connectivity index (χ2v) is 6.43. The Balaban J connectivity index is 3.21. The number of nitrogens with zero attached hydrogens (tertiary/aromatic N) is 1. The zero-order chi connectivity index (χ0) is 17.6. The van der Waals surface area contributed by atoms with E-state index in [2.05, 4.69) is 0 Å². The summed E-state index contributed by atoms with van der Waals surface area (Å²) in [6, 6.07) is 1.89. The van der Waals surface area contributed by atoms with Gasteiger partial charge < -0.3 is 9.84 Å². The van der Waals surface area contributed by atoms with Gasteiger partial charge in [0.1, 0.15) is 11.8 Å². The molecule has 2 N–H and O–H groups in total. The van der Waals surface area contributed by atoms with Crippen LogP contribution in [0.2, 0.25) is 0 Å². The van der Waals surface area contributed by atoms with E-state index in [4.69, 9.17) is 9.84 Å². The van der Waals surface area contributed by atoms with Crippen LogP contribution in [0.5, 0.6) is 5.75 Å². The fourth-order valence-electron chi connectivity index (χ4n) is 1.89. The fourth-order valence-corrected chi connectivity index (χ4v) is 3.26. The summed E-state index contributed by atoms with van der Waals surface area (Å²) < 4.78 is 31.5. The lowest BCUT2D eigenvalue weighted by Crippen LogP contribution is -2.40. The highest BCUT2D eigenvalue weighted by atomic mass is 32.2. The van der Waals surface area contributed by atoms with Crippen molar-refractivity contribution < 1.29 is 28.0 Å². The summed E-state index contributed by atoms with van der Waals surface area (Å²) in [6.45, 7) is 1.84. The summed E-state index contributed by atoms with van der Waals surface area (Å²) in [5.74, 6) is -1.21. The van der Waals surface area contributed by atoms with Crippen molar-refractivity contribution >= 4 is 21.7 Å². The van der Waals surface area contributed by atoms with E-state index >= 15 is 0 Å². The Hall–Kier alpha value is -2.20. The average Bonchev–Trinajstić information content (AvgIpc) is 2.50. The van der Waals surface area contributed by atoms with E-state index in [1.54, 1.807) is 0 Å². The molecule has 0 aliphatic carbocycles. The predicted molar refractivity (Wildman–Crippen MR) is 80.9 cm³/mol. The number of aliphatic carboxylic acids is 1. The van der Waals surface area contributed by atoms with Crippen molar-refractivity contribution in [2.45, 2.75) is 37.1 Å². The van der Waals surface area contributed by atoms with Gasteiger partial charge in [-0.05, 0) is 18.6 Å². The smallest absolute Gasteiger partial charge is 0.321 e. The van der Waals surface area contributed by atoms with Crippen molar-refractivity contribution in [1.82, 2.24) is 4.72 Å². The van der Waals surface area contributed by atoms with Crippen LogP contribution in [-0.4, -0.2) is 37.6 Å². The zero-order valence-electron chi connectivity index (χ0n) is 12.7. The Kier molecular flexibility index (Phi) is 6.46. The molecular weight excluding hydrogens is 328 g/mol. The van der Waals surface area contributed by atoms with Crippen LogP contribution in [0.4, 0.5) is 5.69 Å². The maximum Gasteiger partial charge on any atom is 0.321 e. The molecule has 0 fully saturated rings. The van der Waals surface area contributed by atoms with Crippen LogP contribution in [0.15, 0.2) is 23.1 Å². The number of sulfonamides is 1. The van der Waals surface area contributed by atoms with Gasteiger partial charge in [0.15, 0.2) is 4.90 Å². The summed E-state index contributed by atoms with van der Waals surface area (Å²) >= 11 is 0. The first-order valence-corrected chi connectivity index (χ1v) is 8.28. The molecule has 0 aliphatic heterocycles. The third kappa shape index (κ3) is 4.89. The molecule has 0 radical (unpaired) electrons. The van der Waals surface area contributed by atoms with Gasteiger partial charge in [-0.3, -0.25) is 14.9 Å². The van der Waals surface area contributed by atoms with E-state index in [1.807, 2.05) is 11.6 Å². The second kappa shape index (κ2) is 7.88. The Morgan fingerprint density at radius 2 is 2.13 bits per heavy atom. The van der Waals surface area contributed by atoms with Crippen LogP contribution in [0.25, 0.3) is 0 Å². The van der Waals surface area contributed by atoms with Crippen molar-refractivity contribution in [1.29, 1.82) is 0 Å². The molecule has 1 aromatic carbocycles. The van der Waals surface area contributed by atoms with Gasteiger partial charge in [-0.2, -0.15) is 4.72 Å². The molecule has 0 amide bonds. The van der Waals surface area contributed by atoms with E-state index in [-0.39, 0.29) is 12.2 Å². The highest BCUT2D eigenvalue weighted by Gasteiger charge is 2.31. The lowest BCUT2D eigenvalue weighted by Gasteiger charge is -2.14. The molecule has 1 rings (SSSR count). The highest BCUT2D eigenvalue weighted by Crippen LogP contribution is 2.28. The molecule has 0 aliphatic rings. The van der Waals surface area contributed by atoms with Crippen LogP contribution in [0.3, 0.4) is 0 Å². The van der Waals surface area contributed by atoms with Crippen LogP contribution in [-0.2, 0) is 14.8 Å². The Bertz CT molecular complexity index is 688. The molecule has 0 unspecified atom stereocenters. The first-order chi connectivity index (χ1) is 10.7. The zero-order valence-corrected chi connectivity index (χ0v) is 13.5. The van der Waals surface area contributed by atoms with Crippen molar-refractivity contribution in [2.24, 2.45) is 0 Å². The Morgan fingerprint density at radius 1 is 1.48 bits per heavy atom. The number of ether oxygens (including phenoxy) is 1. The largest absolute Gasteiger partial charge is 0.497 e. The van der Waals surface area contributed by atoms with E-state index in [1.165, 1.54) is 13.2 Å². The lowest BCUT2D eigenvalue weighted by atomic mass is 10.1. The quantitative estimate of drug-likeness (QED) is 0.511. The van der Waals surface area contributed by atoms with Gasteiger partial charge in [-0.15, -0.1) is 0 Å². The van der Waals surface area contributed by atoms with Crippen molar-refractivity contribution in [3.05, 3.63) is 28.3 Å². The van der Waals surface area contributed by atoms with Gasteiger partial charge in [0, 0.05) is 0 Å². The minimum absolute atomic E-state index is 0.0923. The number of nitrogens with one attached hydrogen (secondary N) is 1. The van der Waals surface area contributed by atoms with E-state index in [9.17, 15) is 23.3 Å². The van der Waals surface area contributed by atoms with Gasteiger partial charge in [0.2, 0.25) is 10.0 Å². The number of benzene rings is 1. The van der Waals surface area contributed by atoms with Gasteiger partial charge >= 0.3 is 5.97 Å². The molecule has 0 saturated heterocycles. The van der Waals surface area contributed by atoms with Gasteiger partial charge in [-0.1, -0.05) is 19.8 Å². The molecule has 0 spiro atoms.